The molecule has 0 radical (unpaired) electrons. The minimum absolute atomic E-state index is 0.249. The fourth-order valence-electron chi connectivity index (χ4n) is 5.81. The molecule has 12 heteroatoms. The summed E-state index contributed by atoms with van der Waals surface area (Å²) in [5, 5.41) is 6.26. The van der Waals surface area contributed by atoms with E-state index in [0.29, 0.717) is 64.3 Å². The maximum Gasteiger partial charge on any atom is 0.323 e. The molecule has 1 aliphatic rings. The molecule has 1 fully saturated rings. The molecule has 246 valence electrons. The number of nitrogens with one attached hydrogen (secondary N) is 2. The molecule has 2 heterocycles. The summed E-state index contributed by atoms with van der Waals surface area (Å²) in [6, 6.07) is 15.8. The van der Waals surface area contributed by atoms with E-state index in [-0.39, 0.29) is 28.8 Å². The zero-order valence-corrected chi connectivity index (χ0v) is 27.3. The first-order valence-electron chi connectivity index (χ1n) is 15.5. The van der Waals surface area contributed by atoms with E-state index in [1.165, 1.54) is 43.3 Å². The molecule has 0 atom stereocenters. The van der Waals surface area contributed by atoms with Crippen LogP contribution in [-0.4, -0.2) is 67.5 Å². The summed E-state index contributed by atoms with van der Waals surface area (Å²) in [6.07, 6.45) is 4.68. The summed E-state index contributed by atoms with van der Waals surface area (Å²) in [7, 11) is 6.32. The molecule has 0 spiro atoms. The molecular weight excluding hydrogens is 615 g/mol. The second-order valence-electron chi connectivity index (χ2n) is 11.7. The number of hydrogen-bond donors (Lipinski definition) is 2. The zero-order chi connectivity index (χ0) is 34.2. The largest absolute Gasteiger partial charge is 0.496 e. The van der Waals surface area contributed by atoms with Crippen molar-refractivity contribution in [2.75, 3.05) is 39.7 Å². The van der Waals surface area contributed by atoms with Crippen molar-refractivity contribution in [1.82, 2.24) is 25.5 Å². The van der Waals surface area contributed by atoms with Gasteiger partial charge in [0.25, 0.3) is 11.8 Å². The number of carbonyl (C=O) groups excluding carboxylic acids is 3. The average molecular weight is 651 g/mol. The Labute approximate surface area is 276 Å². The number of urea groups is 1. The number of methoxy groups -OCH3 is 1. The number of amides is 4. The van der Waals surface area contributed by atoms with Crippen LogP contribution >= 0.6 is 0 Å². The summed E-state index contributed by atoms with van der Waals surface area (Å²) in [5.41, 5.74) is 2.37. The van der Waals surface area contributed by atoms with E-state index in [4.69, 9.17) is 9.15 Å². The van der Waals surface area contributed by atoms with E-state index in [9.17, 15) is 18.8 Å². The number of nitrogens with zero attached hydrogens (tertiary/aromatic N) is 4. The van der Waals surface area contributed by atoms with Crippen molar-refractivity contribution in [2.45, 2.75) is 25.3 Å². The number of furan rings is 1. The number of benzene rings is 3. The highest BCUT2D eigenvalue weighted by atomic mass is 19.1. The van der Waals surface area contributed by atoms with Crippen molar-refractivity contribution in [2.24, 2.45) is 0 Å². The van der Waals surface area contributed by atoms with Gasteiger partial charge >= 0.3 is 6.03 Å². The molecule has 48 heavy (non-hydrogen) atoms. The third-order valence-corrected chi connectivity index (χ3v) is 8.44. The van der Waals surface area contributed by atoms with Crippen molar-refractivity contribution in [3.8, 4) is 28.2 Å². The predicted molar refractivity (Wildman–Crippen MR) is 179 cm³/mol. The fraction of sp³-hybridized carbons (Fsp3) is 0.250. The van der Waals surface area contributed by atoms with Gasteiger partial charge < -0.3 is 24.7 Å². The Hall–Kier alpha value is -5.78. The van der Waals surface area contributed by atoms with Gasteiger partial charge in [0.15, 0.2) is 5.82 Å². The molecule has 6 rings (SSSR count). The van der Waals surface area contributed by atoms with Gasteiger partial charge in [-0.15, -0.1) is 0 Å². The van der Waals surface area contributed by atoms with Crippen LogP contribution in [0.1, 0.15) is 46.3 Å². The SMILES string of the molecule is CCN(C(=O)N(C)C)c1cc2oc(-c3ccc(F)cc3)c(C(=O)NC)c2cc1-c1ccc(OC)c(C(=O)NC2(c3ncccn3)CC2)c1. The molecule has 11 nitrogen and oxygen atoms in total. The Morgan fingerprint density at radius 3 is 2.27 bits per heavy atom. The summed E-state index contributed by atoms with van der Waals surface area (Å²) in [5.74, 6) is -0.0527. The molecule has 0 aliphatic heterocycles. The lowest BCUT2D eigenvalue weighted by Crippen LogP contribution is -2.39. The molecule has 0 saturated heterocycles. The molecule has 5 aromatic rings. The number of carbonyl (C=O) groups is 3. The molecular formula is C36H35FN6O5. The van der Waals surface area contributed by atoms with Gasteiger partial charge in [-0.2, -0.15) is 0 Å². The minimum Gasteiger partial charge on any atom is -0.496 e. The molecule has 0 unspecified atom stereocenters. The Kier molecular flexibility index (Phi) is 8.57. The maximum atomic E-state index is 13.9. The first kappa shape index (κ1) is 32.2. The van der Waals surface area contributed by atoms with Gasteiger partial charge in [0.1, 0.15) is 28.4 Å². The standard InChI is InChI=1S/C36H35FN6O5/c1-6-43(35(46)42(3)4)27-20-29-25(30(33(45)38-2)31(48-29)21-8-11-23(37)12-9-21)19-24(27)22-10-13-28(47-5)26(18-22)32(44)41-36(14-15-36)34-39-16-7-17-40-34/h7-13,16-20H,6,14-15H2,1-5H3,(H,38,45)(H,41,44). The van der Waals surface area contributed by atoms with Crippen molar-refractivity contribution < 1.29 is 27.9 Å². The van der Waals surface area contributed by atoms with Gasteiger partial charge in [0.05, 0.1) is 23.9 Å². The monoisotopic (exact) mass is 650 g/mol. The molecule has 3 aromatic carbocycles. The molecule has 4 amide bonds. The number of aromatic nitrogens is 2. The topological polar surface area (TPSA) is 130 Å². The maximum absolute atomic E-state index is 13.9. The van der Waals surface area contributed by atoms with Crippen LogP contribution in [0.25, 0.3) is 33.4 Å². The Balaban J connectivity index is 1.55. The van der Waals surface area contributed by atoms with E-state index >= 15 is 0 Å². The number of anilines is 1. The highest BCUT2D eigenvalue weighted by Gasteiger charge is 2.48. The van der Waals surface area contributed by atoms with Crippen LogP contribution in [0.5, 0.6) is 5.75 Å². The molecule has 0 bridgehead atoms. The minimum atomic E-state index is -0.670. The van der Waals surface area contributed by atoms with Gasteiger partial charge in [-0.05, 0) is 73.9 Å². The van der Waals surface area contributed by atoms with Gasteiger partial charge in [-0.25, -0.2) is 19.2 Å². The molecule has 2 aromatic heterocycles. The molecule has 2 N–H and O–H groups in total. The van der Waals surface area contributed by atoms with Crippen molar-refractivity contribution in [3.05, 3.63) is 95.8 Å². The Bertz CT molecular complexity index is 2020. The number of fused-ring (bicyclic) bond motifs is 1. The number of halogens is 1. The van der Waals surface area contributed by atoms with E-state index in [1.807, 2.05) is 6.92 Å². The third kappa shape index (κ3) is 5.81. The summed E-state index contributed by atoms with van der Waals surface area (Å²) >= 11 is 0. The molecule has 1 aliphatic carbocycles. The Morgan fingerprint density at radius 2 is 1.67 bits per heavy atom. The predicted octanol–water partition coefficient (Wildman–Crippen LogP) is 5.99. The zero-order valence-electron chi connectivity index (χ0n) is 27.3. The van der Waals surface area contributed by atoms with Gasteiger partial charge in [-0.3, -0.25) is 14.5 Å². The lowest BCUT2D eigenvalue weighted by molar-refractivity contribution is 0.0923. The van der Waals surface area contributed by atoms with E-state index < -0.39 is 17.3 Å². The number of ether oxygens (including phenoxy) is 1. The first-order chi connectivity index (χ1) is 23.1. The highest BCUT2D eigenvalue weighted by Crippen LogP contribution is 2.45. The summed E-state index contributed by atoms with van der Waals surface area (Å²) in [6.45, 7) is 2.16. The fourth-order valence-corrected chi connectivity index (χ4v) is 5.81. The highest BCUT2D eigenvalue weighted by molar-refractivity contribution is 6.14. The quantitative estimate of drug-likeness (QED) is 0.200. The third-order valence-electron chi connectivity index (χ3n) is 8.44. The van der Waals surface area contributed by atoms with Crippen molar-refractivity contribution in [1.29, 1.82) is 0 Å². The average Bonchev–Trinajstić information content (AvgIpc) is 3.79. The van der Waals surface area contributed by atoms with Crippen LogP contribution in [0.3, 0.4) is 0 Å². The second kappa shape index (κ2) is 12.8. The van der Waals surface area contributed by atoms with E-state index in [0.717, 1.165) is 0 Å². The van der Waals surface area contributed by atoms with E-state index in [1.54, 1.807) is 67.8 Å². The Morgan fingerprint density at radius 1 is 0.979 bits per heavy atom. The van der Waals surface area contributed by atoms with Gasteiger partial charge in [-0.1, -0.05) is 6.07 Å². The van der Waals surface area contributed by atoms with Crippen molar-refractivity contribution >= 4 is 34.5 Å². The lowest BCUT2D eigenvalue weighted by atomic mass is 9.96. The lowest BCUT2D eigenvalue weighted by Gasteiger charge is -2.27. The van der Waals surface area contributed by atoms with E-state index in [2.05, 4.69) is 20.6 Å². The van der Waals surface area contributed by atoms with Crippen LogP contribution in [-0.2, 0) is 5.54 Å². The first-order valence-corrected chi connectivity index (χ1v) is 15.5. The van der Waals surface area contributed by atoms with Crippen LogP contribution in [0.15, 0.2) is 77.5 Å². The smallest absolute Gasteiger partial charge is 0.323 e. The number of hydrogen-bond acceptors (Lipinski definition) is 7. The van der Waals surface area contributed by atoms with Crippen molar-refractivity contribution in [3.63, 3.8) is 0 Å². The molecule has 1 saturated carbocycles. The van der Waals surface area contributed by atoms with Crippen LogP contribution in [0, 0.1) is 5.82 Å². The summed E-state index contributed by atoms with van der Waals surface area (Å²) < 4.78 is 25.7. The van der Waals surface area contributed by atoms with Gasteiger partial charge in [0, 0.05) is 62.7 Å². The second-order valence-corrected chi connectivity index (χ2v) is 11.7. The number of rotatable bonds is 9. The summed E-state index contributed by atoms with van der Waals surface area (Å²) in [4.78, 5) is 52.5. The van der Waals surface area contributed by atoms with Crippen LogP contribution in [0.4, 0.5) is 14.9 Å². The van der Waals surface area contributed by atoms with Crippen LogP contribution < -0.4 is 20.3 Å². The van der Waals surface area contributed by atoms with Gasteiger partial charge in [0.2, 0.25) is 0 Å². The van der Waals surface area contributed by atoms with Crippen LogP contribution in [0.2, 0.25) is 0 Å². The normalized spacial score (nSPS) is 13.1.